The highest BCUT2D eigenvalue weighted by molar-refractivity contribution is 6.10. The van der Waals surface area contributed by atoms with E-state index >= 15 is 0 Å². The molecule has 2 aromatic heterocycles. The zero-order valence-corrected chi connectivity index (χ0v) is 13.5. The summed E-state index contributed by atoms with van der Waals surface area (Å²) in [5, 5.41) is 1.58. The lowest BCUT2D eigenvalue weighted by molar-refractivity contribution is -0.137. The number of nitrogen functional groups attached to an aromatic ring is 2. The molecule has 0 saturated carbocycles. The lowest BCUT2D eigenvalue weighted by Crippen LogP contribution is -2.05. The van der Waals surface area contributed by atoms with Gasteiger partial charge in [-0.3, -0.25) is 0 Å². The number of hydrogen-bond acceptors (Lipinski definition) is 4. The molecule has 132 valence electrons. The molecule has 5 nitrogen and oxygen atoms in total. The third kappa shape index (κ3) is 2.69. The Balaban J connectivity index is 1.75. The second-order valence-electron chi connectivity index (χ2n) is 6.00. The summed E-state index contributed by atoms with van der Waals surface area (Å²) in [6, 6.07) is 10.7. The molecule has 2 aromatic carbocycles. The Kier molecular flexibility index (Phi) is 3.50. The first-order valence-corrected chi connectivity index (χ1v) is 7.79. The number of anilines is 2. The maximum atomic E-state index is 12.7. The van der Waals surface area contributed by atoms with Gasteiger partial charge in [-0.15, -0.1) is 0 Å². The highest BCUT2D eigenvalue weighted by atomic mass is 19.4. The third-order valence-electron chi connectivity index (χ3n) is 4.29. The molecule has 0 spiro atoms. The summed E-state index contributed by atoms with van der Waals surface area (Å²) in [4.78, 5) is 8.19. The normalized spacial score (nSPS) is 12.1. The molecule has 2 heterocycles. The van der Waals surface area contributed by atoms with E-state index < -0.39 is 11.7 Å². The molecule has 4 rings (SSSR count). The monoisotopic (exact) mass is 357 g/mol. The Labute approximate surface area is 146 Å². The van der Waals surface area contributed by atoms with Crippen molar-refractivity contribution in [1.29, 1.82) is 0 Å². The summed E-state index contributed by atoms with van der Waals surface area (Å²) in [7, 11) is 0. The molecule has 0 aliphatic heterocycles. The molecule has 4 aromatic rings. The molecule has 0 fully saturated rings. The Hall–Kier alpha value is -3.29. The van der Waals surface area contributed by atoms with E-state index in [0.717, 1.165) is 28.6 Å². The topological polar surface area (TPSA) is 82.7 Å². The molecule has 8 heteroatoms. The summed E-state index contributed by atoms with van der Waals surface area (Å²) >= 11 is 0. The van der Waals surface area contributed by atoms with Gasteiger partial charge in [-0.1, -0.05) is 12.1 Å². The molecule has 0 aliphatic carbocycles. The Bertz CT molecular complexity index is 1110. The summed E-state index contributed by atoms with van der Waals surface area (Å²) < 4.78 is 40.0. The molecule has 0 radical (unpaired) electrons. The van der Waals surface area contributed by atoms with Crippen LogP contribution in [0.4, 0.5) is 24.9 Å². The number of halogens is 3. The molecule has 0 aliphatic rings. The van der Waals surface area contributed by atoms with Gasteiger partial charge in [-0.05, 0) is 35.9 Å². The van der Waals surface area contributed by atoms with Crippen LogP contribution in [0.3, 0.4) is 0 Å². The average molecular weight is 357 g/mol. The quantitative estimate of drug-likeness (QED) is 0.571. The smallest absolute Gasteiger partial charge is 0.383 e. The van der Waals surface area contributed by atoms with Crippen LogP contribution in [0.1, 0.15) is 11.1 Å². The van der Waals surface area contributed by atoms with E-state index in [9.17, 15) is 13.2 Å². The predicted molar refractivity (Wildman–Crippen MR) is 94.4 cm³/mol. The maximum absolute atomic E-state index is 12.7. The predicted octanol–water partition coefficient (Wildman–Crippen LogP) is 3.82. The zero-order valence-electron chi connectivity index (χ0n) is 13.5. The summed E-state index contributed by atoms with van der Waals surface area (Å²) in [5.41, 5.74) is 13.3. The second kappa shape index (κ2) is 5.62. The van der Waals surface area contributed by atoms with Gasteiger partial charge < -0.3 is 16.0 Å². The molecule has 0 bridgehead atoms. The molecule has 0 saturated heterocycles. The van der Waals surface area contributed by atoms with Gasteiger partial charge in [0.15, 0.2) is 0 Å². The first kappa shape index (κ1) is 16.2. The Morgan fingerprint density at radius 1 is 0.923 bits per heavy atom. The largest absolute Gasteiger partial charge is 0.416 e. The summed E-state index contributed by atoms with van der Waals surface area (Å²) in [5.74, 6) is 0.406. The van der Waals surface area contributed by atoms with E-state index in [1.165, 1.54) is 12.1 Å². The van der Waals surface area contributed by atoms with Crippen molar-refractivity contribution in [2.45, 2.75) is 12.7 Å². The van der Waals surface area contributed by atoms with Gasteiger partial charge in [-0.2, -0.15) is 18.2 Å². The van der Waals surface area contributed by atoms with Gasteiger partial charge in [0, 0.05) is 23.6 Å². The SMILES string of the molecule is Nc1nc(N)c2c(ccc3c2ccn3Cc2ccc(C(F)(F)F)cc2)n1. The van der Waals surface area contributed by atoms with Crippen LogP contribution in [0.25, 0.3) is 21.8 Å². The fourth-order valence-corrected chi connectivity index (χ4v) is 3.08. The summed E-state index contributed by atoms with van der Waals surface area (Å²) in [6.07, 6.45) is -2.48. The van der Waals surface area contributed by atoms with Crippen LogP contribution in [0.2, 0.25) is 0 Å². The van der Waals surface area contributed by atoms with Crippen molar-refractivity contribution < 1.29 is 13.2 Å². The second-order valence-corrected chi connectivity index (χ2v) is 6.00. The number of aromatic nitrogens is 3. The Morgan fingerprint density at radius 3 is 2.35 bits per heavy atom. The van der Waals surface area contributed by atoms with Gasteiger partial charge >= 0.3 is 6.18 Å². The fourth-order valence-electron chi connectivity index (χ4n) is 3.08. The molecular formula is C18H14F3N5. The molecule has 0 atom stereocenters. The van der Waals surface area contributed by atoms with Crippen molar-refractivity contribution in [1.82, 2.24) is 14.5 Å². The maximum Gasteiger partial charge on any atom is 0.416 e. The van der Waals surface area contributed by atoms with E-state index in [1.807, 2.05) is 22.9 Å². The van der Waals surface area contributed by atoms with Crippen molar-refractivity contribution in [3.63, 3.8) is 0 Å². The molecule has 0 unspecified atom stereocenters. The minimum Gasteiger partial charge on any atom is -0.383 e. The summed E-state index contributed by atoms with van der Waals surface area (Å²) in [6.45, 7) is 0.433. The van der Waals surface area contributed by atoms with Gasteiger partial charge in [-0.25, -0.2) is 4.98 Å². The van der Waals surface area contributed by atoms with Crippen molar-refractivity contribution in [2.24, 2.45) is 0 Å². The molecule has 26 heavy (non-hydrogen) atoms. The van der Waals surface area contributed by atoms with Crippen LogP contribution < -0.4 is 11.5 Å². The van der Waals surface area contributed by atoms with Crippen molar-refractivity contribution >= 4 is 33.6 Å². The number of benzene rings is 2. The standard InChI is InChI=1S/C18H14F3N5/c19-18(20,21)11-3-1-10(2-4-11)9-26-8-7-12-14(26)6-5-13-15(12)16(22)25-17(23)24-13/h1-8H,9H2,(H4,22,23,24,25). The number of nitrogens with two attached hydrogens (primary N) is 2. The average Bonchev–Trinajstić information content (AvgIpc) is 2.97. The first-order chi connectivity index (χ1) is 12.3. The van der Waals surface area contributed by atoms with E-state index in [1.54, 1.807) is 6.07 Å². The van der Waals surface area contributed by atoms with Gasteiger partial charge in [0.1, 0.15) is 5.82 Å². The van der Waals surface area contributed by atoms with Crippen LogP contribution in [0, 0.1) is 0 Å². The highest BCUT2D eigenvalue weighted by Crippen LogP contribution is 2.31. The Morgan fingerprint density at radius 2 is 1.65 bits per heavy atom. The number of alkyl halides is 3. The third-order valence-corrected chi connectivity index (χ3v) is 4.29. The van der Waals surface area contributed by atoms with Crippen LogP contribution in [-0.2, 0) is 12.7 Å². The first-order valence-electron chi connectivity index (χ1n) is 7.79. The van der Waals surface area contributed by atoms with Gasteiger partial charge in [0.05, 0.1) is 16.5 Å². The fraction of sp³-hybridized carbons (Fsp3) is 0.111. The van der Waals surface area contributed by atoms with Crippen LogP contribution >= 0.6 is 0 Å². The van der Waals surface area contributed by atoms with Crippen LogP contribution in [0.15, 0.2) is 48.7 Å². The van der Waals surface area contributed by atoms with E-state index in [2.05, 4.69) is 9.97 Å². The van der Waals surface area contributed by atoms with E-state index in [-0.39, 0.29) is 5.95 Å². The number of nitrogens with zero attached hydrogens (tertiary/aromatic N) is 3. The van der Waals surface area contributed by atoms with Gasteiger partial charge in [0.2, 0.25) is 5.95 Å². The van der Waals surface area contributed by atoms with E-state index in [0.29, 0.717) is 23.3 Å². The molecule has 0 amide bonds. The minimum atomic E-state index is -4.34. The van der Waals surface area contributed by atoms with Crippen LogP contribution in [0.5, 0.6) is 0 Å². The number of hydrogen-bond donors (Lipinski definition) is 2. The molecular weight excluding hydrogens is 343 g/mol. The number of rotatable bonds is 2. The number of fused-ring (bicyclic) bond motifs is 3. The van der Waals surface area contributed by atoms with Crippen LogP contribution in [-0.4, -0.2) is 14.5 Å². The van der Waals surface area contributed by atoms with Crippen molar-refractivity contribution in [2.75, 3.05) is 11.5 Å². The zero-order chi connectivity index (χ0) is 18.5. The minimum absolute atomic E-state index is 0.110. The van der Waals surface area contributed by atoms with Crippen molar-refractivity contribution in [3.8, 4) is 0 Å². The highest BCUT2D eigenvalue weighted by Gasteiger charge is 2.29. The molecule has 4 N–H and O–H groups in total. The lowest BCUT2D eigenvalue weighted by atomic mass is 10.1. The van der Waals surface area contributed by atoms with Gasteiger partial charge in [0.25, 0.3) is 0 Å². The van der Waals surface area contributed by atoms with E-state index in [4.69, 9.17) is 11.5 Å². The lowest BCUT2D eigenvalue weighted by Gasteiger charge is -2.10. The van der Waals surface area contributed by atoms with Crippen molar-refractivity contribution in [3.05, 3.63) is 59.8 Å².